The van der Waals surface area contributed by atoms with E-state index in [2.05, 4.69) is 10.5 Å². The predicted octanol–water partition coefficient (Wildman–Crippen LogP) is 3.10. The molecule has 0 aliphatic heterocycles. The summed E-state index contributed by atoms with van der Waals surface area (Å²) in [4.78, 5) is 23.0. The molecule has 0 heterocycles. The summed E-state index contributed by atoms with van der Waals surface area (Å²) < 4.78 is 0. The summed E-state index contributed by atoms with van der Waals surface area (Å²) in [6.07, 6.45) is 1.32. The number of nitrogens with one attached hydrogen (secondary N) is 1. The van der Waals surface area contributed by atoms with Crippen molar-refractivity contribution in [2.75, 3.05) is 12.4 Å². The molecule has 2 aromatic carbocycles. The van der Waals surface area contributed by atoms with Crippen LogP contribution in [0.3, 0.4) is 0 Å². The zero-order valence-electron chi connectivity index (χ0n) is 12.9. The highest BCUT2D eigenvalue weighted by molar-refractivity contribution is 7.99. The molecule has 0 unspecified atom stereocenters. The molecule has 0 saturated carbocycles. The minimum absolute atomic E-state index is 0.0689. The Kier molecular flexibility index (Phi) is 6.93. The number of halogens is 1. The lowest BCUT2D eigenvalue weighted by Gasteiger charge is -2.03. The van der Waals surface area contributed by atoms with Crippen molar-refractivity contribution in [1.29, 1.82) is 0 Å². The van der Waals surface area contributed by atoms with Gasteiger partial charge >= 0.3 is 0 Å². The number of aliphatic hydroxyl groups excluding tert-OH is 1. The first-order valence-electron chi connectivity index (χ1n) is 7.12. The van der Waals surface area contributed by atoms with E-state index < -0.39 is 10.8 Å². The van der Waals surface area contributed by atoms with Crippen LogP contribution < -0.4 is 5.43 Å². The van der Waals surface area contributed by atoms with Crippen molar-refractivity contribution in [2.45, 2.75) is 4.90 Å². The van der Waals surface area contributed by atoms with Crippen LogP contribution in [0.4, 0.5) is 5.69 Å². The van der Waals surface area contributed by atoms with Crippen LogP contribution in [0.25, 0.3) is 0 Å². The summed E-state index contributed by atoms with van der Waals surface area (Å²) in [7, 11) is 0. The molecule has 0 fully saturated rings. The lowest BCUT2D eigenvalue weighted by atomic mass is 10.2. The standard InChI is InChI=1S/C16H14ClN3O4S/c17-13-3-1-2-12(9-13)16(22)19-18-10-11-4-5-15(25-7-6-21)14(8-11)20(23)24/h1-5,8-10,21H,6-7H2,(H,19,22)/b18-10+. The van der Waals surface area contributed by atoms with Gasteiger partial charge in [-0.2, -0.15) is 5.10 Å². The molecule has 2 N–H and O–H groups in total. The predicted molar refractivity (Wildman–Crippen MR) is 97.4 cm³/mol. The van der Waals surface area contributed by atoms with Gasteiger partial charge in [0.2, 0.25) is 0 Å². The summed E-state index contributed by atoms with van der Waals surface area (Å²) in [5.41, 5.74) is 3.07. The number of hydrogen-bond donors (Lipinski definition) is 2. The van der Waals surface area contributed by atoms with Crippen molar-refractivity contribution in [2.24, 2.45) is 5.10 Å². The summed E-state index contributed by atoms with van der Waals surface area (Å²) >= 11 is 7.01. The third-order valence-corrected chi connectivity index (χ3v) is 4.27. The van der Waals surface area contributed by atoms with Gasteiger partial charge in [-0.05, 0) is 24.3 Å². The number of benzene rings is 2. The highest BCUT2D eigenvalue weighted by Crippen LogP contribution is 2.29. The number of aliphatic hydroxyl groups is 1. The highest BCUT2D eigenvalue weighted by atomic mass is 35.5. The van der Waals surface area contributed by atoms with Gasteiger partial charge in [0.15, 0.2) is 0 Å². The Labute approximate surface area is 152 Å². The van der Waals surface area contributed by atoms with Crippen LogP contribution in [-0.2, 0) is 0 Å². The summed E-state index contributed by atoms with van der Waals surface area (Å²) in [6, 6.07) is 11.0. The van der Waals surface area contributed by atoms with Gasteiger partial charge in [-0.15, -0.1) is 11.8 Å². The van der Waals surface area contributed by atoms with Crippen LogP contribution in [0.15, 0.2) is 52.5 Å². The maximum atomic E-state index is 11.9. The van der Waals surface area contributed by atoms with Crippen molar-refractivity contribution in [3.63, 3.8) is 0 Å². The average molecular weight is 380 g/mol. The Morgan fingerprint density at radius 1 is 1.36 bits per heavy atom. The number of carbonyl (C=O) groups excluding carboxylic acids is 1. The largest absolute Gasteiger partial charge is 0.396 e. The first-order chi connectivity index (χ1) is 12.0. The van der Waals surface area contributed by atoms with Gasteiger partial charge in [-0.3, -0.25) is 14.9 Å². The molecule has 0 aliphatic rings. The van der Waals surface area contributed by atoms with Crippen LogP contribution >= 0.6 is 23.4 Å². The topological polar surface area (TPSA) is 105 Å². The smallest absolute Gasteiger partial charge is 0.283 e. The minimum Gasteiger partial charge on any atom is -0.396 e. The Morgan fingerprint density at radius 3 is 2.84 bits per heavy atom. The Balaban J connectivity index is 2.08. The van der Waals surface area contributed by atoms with E-state index in [1.807, 2.05) is 0 Å². The summed E-state index contributed by atoms with van der Waals surface area (Å²) in [5, 5.41) is 24.2. The molecular formula is C16H14ClN3O4S. The molecule has 1 amide bonds. The maximum Gasteiger partial charge on any atom is 0.283 e. The molecule has 2 rings (SSSR count). The Bertz CT molecular complexity index is 814. The van der Waals surface area contributed by atoms with Gasteiger partial charge in [-0.1, -0.05) is 23.7 Å². The Morgan fingerprint density at radius 2 is 2.16 bits per heavy atom. The molecule has 7 nitrogen and oxygen atoms in total. The number of nitro groups is 1. The van der Waals surface area contributed by atoms with Gasteiger partial charge in [0.25, 0.3) is 11.6 Å². The van der Waals surface area contributed by atoms with E-state index in [1.54, 1.807) is 30.3 Å². The van der Waals surface area contributed by atoms with E-state index in [4.69, 9.17) is 16.7 Å². The van der Waals surface area contributed by atoms with E-state index in [9.17, 15) is 14.9 Å². The van der Waals surface area contributed by atoms with E-state index in [0.29, 0.717) is 26.8 Å². The monoisotopic (exact) mass is 379 g/mol. The number of rotatable bonds is 7. The van der Waals surface area contributed by atoms with Crippen LogP contribution in [0.5, 0.6) is 0 Å². The van der Waals surface area contributed by atoms with Gasteiger partial charge in [0, 0.05) is 28.0 Å². The van der Waals surface area contributed by atoms with Crippen molar-refractivity contribution in [3.8, 4) is 0 Å². The number of nitro benzene ring substituents is 1. The SMILES string of the molecule is O=C(N/N=C/c1ccc(SCCO)c([N+](=O)[O-])c1)c1cccc(Cl)c1. The number of hydrogen-bond acceptors (Lipinski definition) is 6. The molecule has 25 heavy (non-hydrogen) atoms. The van der Waals surface area contributed by atoms with Crippen molar-refractivity contribution in [1.82, 2.24) is 5.43 Å². The van der Waals surface area contributed by atoms with E-state index in [-0.39, 0.29) is 12.3 Å². The van der Waals surface area contributed by atoms with Gasteiger partial charge < -0.3 is 5.11 Å². The van der Waals surface area contributed by atoms with E-state index >= 15 is 0 Å². The molecule has 2 aromatic rings. The molecule has 0 aliphatic carbocycles. The van der Waals surface area contributed by atoms with Crippen LogP contribution in [0.2, 0.25) is 5.02 Å². The molecule has 0 spiro atoms. The molecular weight excluding hydrogens is 366 g/mol. The highest BCUT2D eigenvalue weighted by Gasteiger charge is 2.14. The van der Waals surface area contributed by atoms with Gasteiger partial charge in [0.05, 0.1) is 22.6 Å². The lowest BCUT2D eigenvalue weighted by Crippen LogP contribution is -2.17. The molecule has 9 heteroatoms. The second-order valence-corrected chi connectivity index (χ2v) is 6.34. The zero-order valence-corrected chi connectivity index (χ0v) is 14.5. The van der Waals surface area contributed by atoms with Crippen LogP contribution in [0, 0.1) is 10.1 Å². The van der Waals surface area contributed by atoms with Crippen molar-refractivity contribution >= 4 is 41.2 Å². The van der Waals surface area contributed by atoms with Crippen molar-refractivity contribution in [3.05, 3.63) is 68.7 Å². The first kappa shape index (κ1) is 18.9. The quantitative estimate of drug-likeness (QED) is 0.333. The number of nitrogens with zero attached hydrogens (tertiary/aromatic N) is 2. The third kappa shape index (κ3) is 5.56. The van der Waals surface area contributed by atoms with Gasteiger partial charge in [-0.25, -0.2) is 5.43 Å². The van der Waals surface area contributed by atoms with Crippen LogP contribution in [-0.4, -0.2) is 34.5 Å². The fourth-order valence-electron chi connectivity index (χ4n) is 1.89. The third-order valence-electron chi connectivity index (χ3n) is 3.00. The summed E-state index contributed by atoms with van der Waals surface area (Å²) in [5.74, 6) is -0.0763. The molecule has 0 atom stereocenters. The second-order valence-electron chi connectivity index (χ2n) is 4.77. The fourth-order valence-corrected chi connectivity index (χ4v) is 2.84. The maximum absolute atomic E-state index is 11.9. The fraction of sp³-hybridized carbons (Fsp3) is 0.125. The summed E-state index contributed by atoms with van der Waals surface area (Å²) in [6.45, 7) is -0.0689. The van der Waals surface area contributed by atoms with E-state index in [1.165, 1.54) is 30.1 Å². The van der Waals surface area contributed by atoms with Crippen molar-refractivity contribution < 1.29 is 14.8 Å². The minimum atomic E-state index is -0.498. The number of thioether (sulfide) groups is 1. The molecule has 0 aromatic heterocycles. The molecule has 0 bridgehead atoms. The molecule has 130 valence electrons. The first-order valence-corrected chi connectivity index (χ1v) is 8.48. The van der Waals surface area contributed by atoms with Gasteiger partial charge in [0.1, 0.15) is 0 Å². The lowest BCUT2D eigenvalue weighted by molar-refractivity contribution is -0.387. The Hall–Kier alpha value is -2.42. The number of amides is 1. The number of carbonyl (C=O) groups is 1. The molecule has 0 saturated heterocycles. The number of hydrazone groups is 1. The normalized spacial score (nSPS) is 10.8. The average Bonchev–Trinajstić information content (AvgIpc) is 2.60. The molecule has 0 radical (unpaired) electrons. The van der Waals surface area contributed by atoms with E-state index in [0.717, 1.165) is 0 Å². The van der Waals surface area contributed by atoms with Crippen LogP contribution in [0.1, 0.15) is 15.9 Å². The second kappa shape index (κ2) is 9.16. The zero-order chi connectivity index (χ0) is 18.2.